The van der Waals surface area contributed by atoms with E-state index < -0.39 is 0 Å². The quantitative estimate of drug-likeness (QED) is 0.496. The van der Waals surface area contributed by atoms with E-state index in [1.807, 2.05) is 0 Å². The van der Waals surface area contributed by atoms with Crippen molar-refractivity contribution in [2.75, 3.05) is 0 Å². The van der Waals surface area contributed by atoms with Crippen LogP contribution in [-0.2, 0) is 17.1 Å². The van der Waals surface area contributed by atoms with Crippen LogP contribution in [-0.4, -0.2) is 108 Å². The van der Waals surface area contributed by atoms with Gasteiger partial charge in [-0.3, -0.25) is 0 Å². The molecule has 0 N–H and O–H groups in total. The van der Waals surface area contributed by atoms with Crippen LogP contribution in [0.15, 0.2) is 0 Å². The molecular weight excluding hydrogens is 304 g/mol. The van der Waals surface area contributed by atoms with Gasteiger partial charge in [-0.1, -0.05) is 0 Å². The Morgan fingerprint density at radius 3 is 1.00 bits per heavy atom. The van der Waals surface area contributed by atoms with Gasteiger partial charge in [0.25, 0.3) is 0 Å². The summed E-state index contributed by atoms with van der Waals surface area (Å²) < 4.78 is 0. The molecule has 0 nitrogen and oxygen atoms in total. The fraction of sp³-hybridized carbons (Fsp3) is 0. The van der Waals surface area contributed by atoms with Gasteiger partial charge in [-0.2, -0.15) is 0 Å². The standard InChI is InChI=1S/Ca.Mn.Sb.Sr. The second-order valence-electron chi connectivity index (χ2n) is 0. The van der Waals surface area contributed by atoms with Crippen LogP contribution < -0.4 is 0 Å². The summed E-state index contributed by atoms with van der Waals surface area (Å²) in [6, 6.07) is 0. The Morgan fingerprint density at radius 2 is 1.00 bits per heavy atom. The topological polar surface area (TPSA) is 0 Å². The van der Waals surface area contributed by atoms with Crippen molar-refractivity contribution < 1.29 is 17.1 Å². The van der Waals surface area contributed by atoms with E-state index in [1.54, 1.807) is 0 Å². The number of rotatable bonds is 0. The minimum Gasteiger partial charge on any atom is 0 e. The largest absolute Gasteiger partial charge is 0 e. The summed E-state index contributed by atoms with van der Waals surface area (Å²) in [5.41, 5.74) is 0. The zero-order valence-electron chi connectivity index (χ0n) is 2.24. The first-order chi connectivity index (χ1) is 0. The van der Waals surface area contributed by atoms with E-state index >= 15 is 0 Å². The van der Waals surface area contributed by atoms with Crippen LogP contribution in [0, 0.1) is 0 Å². The third-order valence-electron chi connectivity index (χ3n) is 0. The summed E-state index contributed by atoms with van der Waals surface area (Å²) in [7, 11) is 0. The fourth-order valence-electron chi connectivity index (χ4n) is 0. The Hall–Kier alpha value is 4.08. The summed E-state index contributed by atoms with van der Waals surface area (Å²) >= 11 is 0. The smallest absolute Gasteiger partial charge is 0 e. The third kappa shape index (κ3) is 9.42. The van der Waals surface area contributed by atoms with E-state index in [4.69, 9.17) is 0 Å². The minimum absolute atomic E-state index is 0. The molecule has 4 heteroatoms. The predicted octanol–water partition coefficient (Wildman–Crippen LogP) is -1.14. The van der Waals surface area contributed by atoms with Gasteiger partial charge in [0.1, 0.15) is 0 Å². The Kier molecular flexibility index (Phi) is 95.7. The van der Waals surface area contributed by atoms with E-state index in [0.717, 1.165) is 0 Å². The molecule has 0 saturated heterocycles. The van der Waals surface area contributed by atoms with Crippen molar-refractivity contribution in [1.29, 1.82) is 0 Å². The molecule has 0 fully saturated rings. The van der Waals surface area contributed by atoms with Crippen molar-refractivity contribution in [2.45, 2.75) is 0 Å². The maximum absolute atomic E-state index is 0. The molecule has 0 saturated carbocycles. The molecule has 0 bridgehead atoms. The van der Waals surface area contributed by atoms with E-state index in [0.29, 0.717) is 0 Å². The van der Waals surface area contributed by atoms with Crippen LogP contribution in [0.4, 0.5) is 0 Å². The van der Waals surface area contributed by atoms with Gasteiger partial charge >= 0.3 is 0 Å². The number of hydrogen-bond donors (Lipinski definition) is 0. The molecule has 0 amide bonds. The van der Waals surface area contributed by atoms with Crippen molar-refractivity contribution >= 4 is 108 Å². The molecule has 0 aliphatic rings. The molecule has 0 aromatic rings. The van der Waals surface area contributed by atoms with Crippen LogP contribution in [0.2, 0.25) is 0 Å². The van der Waals surface area contributed by atoms with E-state index in [1.165, 1.54) is 0 Å². The Balaban J connectivity index is 0. The Morgan fingerprint density at radius 1 is 1.00 bits per heavy atom. The second kappa shape index (κ2) is 15.7. The maximum atomic E-state index is 0. The SMILES string of the molecule is [Ca].[Mn].[Sb].[Sr]. The second-order valence-corrected chi connectivity index (χ2v) is 0. The van der Waals surface area contributed by atoms with Crippen molar-refractivity contribution in [3.63, 3.8) is 0 Å². The van der Waals surface area contributed by atoms with Crippen molar-refractivity contribution in [3.8, 4) is 0 Å². The average Bonchev–Trinajstić information content (AvgIpc) is 0. The minimum atomic E-state index is 0. The van der Waals surface area contributed by atoms with Crippen molar-refractivity contribution in [3.05, 3.63) is 0 Å². The molecule has 0 unspecified atom stereocenters. The first-order valence-corrected chi connectivity index (χ1v) is 0. The third-order valence-corrected chi connectivity index (χ3v) is 0. The molecule has 0 aliphatic carbocycles. The summed E-state index contributed by atoms with van der Waals surface area (Å²) in [6.07, 6.45) is 0. The van der Waals surface area contributed by atoms with Crippen molar-refractivity contribution in [1.82, 2.24) is 0 Å². The maximum Gasteiger partial charge on any atom is 0 e. The normalized spacial score (nSPS) is 0. The molecule has 0 spiro atoms. The summed E-state index contributed by atoms with van der Waals surface area (Å²) in [5, 5.41) is 0. The summed E-state index contributed by atoms with van der Waals surface area (Å²) in [6.45, 7) is 0. The van der Waals surface area contributed by atoms with Crippen molar-refractivity contribution in [2.24, 2.45) is 0 Å². The Labute approximate surface area is 121 Å². The molecule has 0 aromatic carbocycles. The first-order valence-electron chi connectivity index (χ1n) is 0. The molecule has 0 heterocycles. The zero-order chi connectivity index (χ0) is 0. The van der Waals surface area contributed by atoms with Gasteiger partial charge in [0, 0.05) is 125 Å². The molecule has 4 heavy (non-hydrogen) atoms. The average molecular weight is 304 g/mol. The van der Waals surface area contributed by atoms with Gasteiger partial charge in [0.05, 0.1) is 0 Å². The van der Waals surface area contributed by atoms with Crippen LogP contribution in [0.3, 0.4) is 0 Å². The van der Waals surface area contributed by atoms with Gasteiger partial charge in [0.15, 0.2) is 0 Å². The van der Waals surface area contributed by atoms with Gasteiger partial charge < -0.3 is 0 Å². The van der Waals surface area contributed by atoms with Crippen LogP contribution in [0.5, 0.6) is 0 Å². The van der Waals surface area contributed by atoms with E-state index in [2.05, 4.69) is 0 Å². The van der Waals surface area contributed by atoms with Crippen LogP contribution >= 0.6 is 0 Å². The van der Waals surface area contributed by atoms with Crippen LogP contribution in [0.1, 0.15) is 0 Å². The van der Waals surface area contributed by atoms with Gasteiger partial charge in [-0.05, 0) is 0 Å². The van der Waals surface area contributed by atoms with Crippen LogP contribution in [0.25, 0.3) is 0 Å². The van der Waals surface area contributed by atoms with E-state index in [9.17, 15) is 0 Å². The number of hydrogen-bond acceptors (Lipinski definition) is 0. The molecule has 0 rings (SSSR count). The van der Waals surface area contributed by atoms with Gasteiger partial charge in [-0.15, -0.1) is 0 Å². The Bertz CT molecular complexity index is 8.00. The van der Waals surface area contributed by atoms with Gasteiger partial charge in [0.2, 0.25) is 0 Å². The first kappa shape index (κ1) is 24.3. The molecule has 0 aromatic heterocycles. The van der Waals surface area contributed by atoms with Gasteiger partial charge in [-0.25, -0.2) is 0 Å². The molecule has 0 atom stereocenters. The fourth-order valence-corrected chi connectivity index (χ4v) is 0. The molecule has 8 radical (unpaired) electrons. The summed E-state index contributed by atoms with van der Waals surface area (Å²) in [4.78, 5) is 0. The van der Waals surface area contributed by atoms with E-state index in [-0.39, 0.29) is 125 Å². The predicted molar refractivity (Wildman–Crippen MR) is 17.3 cm³/mol. The molecule has 0 aliphatic heterocycles. The molecule has 16 valence electrons. The molecular formula is CaMnSbSr. The monoisotopic (exact) mass is 304 g/mol. The zero-order valence-corrected chi connectivity index (χ0v) is 11.7. The summed E-state index contributed by atoms with van der Waals surface area (Å²) in [5.74, 6) is 0.